The average molecular weight is 515 g/mol. The fraction of sp³-hybridized carbons (Fsp3) is 0.292. The fourth-order valence-electron chi connectivity index (χ4n) is 3.89. The van der Waals surface area contributed by atoms with Crippen LogP contribution < -0.4 is 10.2 Å². The van der Waals surface area contributed by atoms with E-state index < -0.39 is 15.7 Å². The Labute approximate surface area is 208 Å². The Bertz CT molecular complexity index is 1300. The molecule has 0 aromatic heterocycles. The second-order valence-electron chi connectivity index (χ2n) is 8.44. The molecule has 2 aromatic rings. The SMILES string of the molecule is CC(C)c1ccc(N2C(=N/C=C(/C#N)C(=O)Nc3ccc(Cl)cc3)S[C@H]3CS(=O)(=O)C[C@H]32)cc1. The molecule has 2 atom stereocenters. The molecule has 176 valence electrons. The molecular weight excluding hydrogens is 492 g/mol. The van der Waals surface area contributed by atoms with Crippen LogP contribution in [0, 0.1) is 11.3 Å². The van der Waals surface area contributed by atoms with Gasteiger partial charge in [0, 0.05) is 21.6 Å². The molecule has 2 aliphatic heterocycles. The molecule has 10 heteroatoms. The van der Waals surface area contributed by atoms with Crippen molar-refractivity contribution in [2.45, 2.75) is 31.1 Å². The minimum Gasteiger partial charge on any atom is -0.321 e. The number of amidine groups is 1. The number of sulfone groups is 1. The third kappa shape index (κ3) is 5.30. The van der Waals surface area contributed by atoms with Crippen molar-refractivity contribution in [3.63, 3.8) is 0 Å². The van der Waals surface area contributed by atoms with E-state index >= 15 is 0 Å². The average Bonchev–Trinajstić information content (AvgIpc) is 3.26. The van der Waals surface area contributed by atoms with Crippen LogP contribution in [0.1, 0.15) is 25.3 Å². The number of hydrogen-bond donors (Lipinski definition) is 1. The number of nitrogens with zero attached hydrogens (tertiary/aromatic N) is 3. The van der Waals surface area contributed by atoms with E-state index in [0.717, 1.165) is 5.69 Å². The first-order valence-corrected chi connectivity index (χ1v) is 13.8. The molecule has 1 amide bonds. The Hall–Kier alpha value is -2.80. The maximum absolute atomic E-state index is 12.6. The number of rotatable bonds is 5. The standard InChI is InChI=1S/C24H23ClN4O3S2/c1-15(2)16-3-9-20(10-4-16)29-21-13-34(31,32)14-22(21)33-24(29)27-12-17(11-26)23(30)28-19-7-5-18(25)6-8-19/h3-10,12,15,21-22H,13-14H2,1-2H3,(H,28,30)/b17-12-,27-24?/t21-,22+/m1/s1. The van der Waals surface area contributed by atoms with Crippen LogP contribution in [0.3, 0.4) is 0 Å². The van der Waals surface area contributed by atoms with Gasteiger partial charge in [-0.1, -0.05) is 49.3 Å². The molecule has 2 heterocycles. The van der Waals surface area contributed by atoms with Crippen LogP contribution in [-0.2, 0) is 14.6 Å². The molecule has 2 aromatic carbocycles. The van der Waals surface area contributed by atoms with E-state index in [2.05, 4.69) is 24.2 Å². The smallest absolute Gasteiger partial charge is 0.267 e. The Morgan fingerprint density at radius 1 is 1.21 bits per heavy atom. The van der Waals surface area contributed by atoms with Crippen LogP contribution in [-0.4, -0.2) is 42.3 Å². The van der Waals surface area contributed by atoms with E-state index in [1.165, 1.54) is 23.5 Å². The Morgan fingerprint density at radius 2 is 1.88 bits per heavy atom. The van der Waals surface area contributed by atoms with Crippen molar-refractivity contribution >= 4 is 55.6 Å². The van der Waals surface area contributed by atoms with Gasteiger partial charge < -0.3 is 10.2 Å². The first-order valence-electron chi connectivity index (χ1n) is 10.7. The molecule has 0 spiro atoms. The molecule has 0 aliphatic carbocycles. The van der Waals surface area contributed by atoms with E-state index in [1.54, 1.807) is 24.3 Å². The topological polar surface area (TPSA) is 103 Å². The monoisotopic (exact) mass is 514 g/mol. The number of thioether (sulfide) groups is 1. The molecule has 7 nitrogen and oxygen atoms in total. The second-order valence-corrected chi connectivity index (χ2v) is 12.2. The van der Waals surface area contributed by atoms with Gasteiger partial charge in [-0.3, -0.25) is 4.79 Å². The predicted octanol–water partition coefficient (Wildman–Crippen LogP) is 4.58. The summed E-state index contributed by atoms with van der Waals surface area (Å²) in [5, 5.41) is 13.1. The minimum atomic E-state index is -3.14. The van der Waals surface area contributed by atoms with Crippen molar-refractivity contribution in [2.24, 2.45) is 4.99 Å². The highest BCUT2D eigenvalue weighted by molar-refractivity contribution is 8.16. The zero-order valence-corrected chi connectivity index (χ0v) is 21.0. The van der Waals surface area contributed by atoms with Gasteiger partial charge in [0.15, 0.2) is 15.0 Å². The normalized spacial score (nSPS) is 22.6. The molecule has 2 fully saturated rings. The molecule has 0 bridgehead atoms. The van der Waals surface area contributed by atoms with Crippen molar-refractivity contribution in [3.05, 3.63) is 70.9 Å². The van der Waals surface area contributed by atoms with E-state index in [4.69, 9.17) is 11.6 Å². The summed E-state index contributed by atoms with van der Waals surface area (Å²) in [6, 6.07) is 16.1. The van der Waals surface area contributed by atoms with Crippen LogP contribution in [0.2, 0.25) is 5.02 Å². The summed E-state index contributed by atoms with van der Waals surface area (Å²) in [5.74, 6) is -0.0993. The van der Waals surface area contributed by atoms with E-state index in [9.17, 15) is 18.5 Å². The molecule has 2 aliphatic rings. The number of nitriles is 1. The fourth-order valence-corrected chi connectivity index (χ4v) is 7.90. The summed E-state index contributed by atoms with van der Waals surface area (Å²) in [4.78, 5) is 18.9. The van der Waals surface area contributed by atoms with E-state index in [0.29, 0.717) is 21.8 Å². The highest BCUT2D eigenvalue weighted by atomic mass is 35.5. The Morgan fingerprint density at radius 3 is 2.50 bits per heavy atom. The molecule has 0 saturated carbocycles. The number of anilines is 2. The van der Waals surface area contributed by atoms with Gasteiger partial charge in [-0.15, -0.1) is 0 Å². The van der Waals surface area contributed by atoms with Gasteiger partial charge in [0.05, 0.1) is 23.7 Å². The van der Waals surface area contributed by atoms with Crippen LogP contribution in [0.15, 0.2) is 65.3 Å². The van der Waals surface area contributed by atoms with Crippen molar-refractivity contribution in [2.75, 3.05) is 21.7 Å². The van der Waals surface area contributed by atoms with Gasteiger partial charge >= 0.3 is 0 Å². The number of carbonyl (C=O) groups excluding carboxylic acids is 1. The molecule has 1 N–H and O–H groups in total. The molecular formula is C24H23ClN4O3S2. The maximum atomic E-state index is 12.6. The summed E-state index contributed by atoms with van der Waals surface area (Å²) < 4.78 is 24.5. The summed E-state index contributed by atoms with van der Waals surface area (Å²) in [6.07, 6.45) is 1.23. The number of fused-ring (bicyclic) bond motifs is 1. The molecule has 0 radical (unpaired) electrons. The predicted molar refractivity (Wildman–Crippen MR) is 138 cm³/mol. The van der Waals surface area contributed by atoms with Gasteiger partial charge in [0.25, 0.3) is 5.91 Å². The van der Waals surface area contributed by atoms with Crippen LogP contribution in [0.4, 0.5) is 11.4 Å². The van der Waals surface area contributed by atoms with Crippen LogP contribution in [0.5, 0.6) is 0 Å². The lowest BCUT2D eigenvalue weighted by atomic mass is 10.0. The second kappa shape index (κ2) is 9.82. The third-order valence-corrected chi connectivity index (χ3v) is 9.15. The number of amides is 1. The maximum Gasteiger partial charge on any atom is 0.267 e. The van der Waals surface area contributed by atoms with Gasteiger partial charge in [0.1, 0.15) is 11.6 Å². The number of carbonyl (C=O) groups is 1. The van der Waals surface area contributed by atoms with Crippen LogP contribution >= 0.6 is 23.4 Å². The number of halogens is 1. The summed E-state index contributed by atoms with van der Waals surface area (Å²) in [7, 11) is -3.14. The van der Waals surface area contributed by atoms with Crippen LogP contribution in [0.25, 0.3) is 0 Å². The van der Waals surface area contributed by atoms with Crippen molar-refractivity contribution in [3.8, 4) is 6.07 Å². The lowest BCUT2D eigenvalue weighted by Gasteiger charge is -2.25. The van der Waals surface area contributed by atoms with Gasteiger partial charge in [-0.05, 0) is 47.9 Å². The summed E-state index contributed by atoms with van der Waals surface area (Å²) >= 11 is 7.23. The highest BCUT2D eigenvalue weighted by Crippen LogP contribution is 2.41. The number of benzene rings is 2. The zero-order valence-electron chi connectivity index (χ0n) is 18.6. The van der Waals surface area contributed by atoms with Crippen molar-refractivity contribution in [1.82, 2.24) is 0 Å². The van der Waals surface area contributed by atoms with E-state index in [-0.39, 0.29) is 28.4 Å². The van der Waals surface area contributed by atoms with Crippen molar-refractivity contribution in [1.29, 1.82) is 5.26 Å². The quantitative estimate of drug-likeness (QED) is 0.462. The lowest BCUT2D eigenvalue weighted by Crippen LogP contribution is -2.37. The zero-order chi connectivity index (χ0) is 24.5. The minimum absolute atomic E-state index is 0.0431. The van der Waals surface area contributed by atoms with E-state index in [1.807, 2.05) is 35.2 Å². The Kier molecular flexibility index (Phi) is 7.03. The largest absolute Gasteiger partial charge is 0.321 e. The summed E-state index contributed by atoms with van der Waals surface area (Å²) in [6.45, 7) is 4.22. The number of hydrogen-bond acceptors (Lipinski definition) is 6. The number of nitrogens with one attached hydrogen (secondary N) is 1. The molecule has 34 heavy (non-hydrogen) atoms. The van der Waals surface area contributed by atoms with Crippen molar-refractivity contribution < 1.29 is 13.2 Å². The first kappa shape index (κ1) is 24.3. The molecule has 0 unspecified atom stereocenters. The van der Waals surface area contributed by atoms with Gasteiger partial charge in [-0.25, -0.2) is 13.4 Å². The molecule has 4 rings (SSSR count). The first-order chi connectivity index (χ1) is 16.2. The van der Waals surface area contributed by atoms with Gasteiger partial charge in [0.2, 0.25) is 0 Å². The highest BCUT2D eigenvalue weighted by Gasteiger charge is 2.49. The molecule has 2 saturated heterocycles. The third-order valence-electron chi connectivity index (χ3n) is 5.68. The summed E-state index contributed by atoms with van der Waals surface area (Å²) in [5.41, 5.74) is 2.35. The number of aliphatic imine (C=N–C) groups is 1. The van der Waals surface area contributed by atoms with Gasteiger partial charge in [-0.2, -0.15) is 5.26 Å². The lowest BCUT2D eigenvalue weighted by molar-refractivity contribution is -0.112. The Balaban J connectivity index is 1.62.